The van der Waals surface area contributed by atoms with Crippen molar-refractivity contribution in [3.05, 3.63) is 72.0 Å². The molecule has 8 heteroatoms. The third-order valence-corrected chi connectivity index (χ3v) is 4.81. The lowest BCUT2D eigenvalue weighted by Crippen LogP contribution is -2.42. The summed E-state index contributed by atoms with van der Waals surface area (Å²) in [6.45, 7) is 5.97. The van der Waals surface area contributed by atoms with E-state index in [4.69, 9.17) is 4.42 Å². The molecular formula is C24H29FN2O5. The van der Waals surface area contributed by atoms with Gasteiger partial charge in [0.2, 0.25) is 11.8 Å². The molecule has 0 unspecified atom stereocenters. The largest absolute Gasteiger partial charge is 0.469 e. The molecule has 2 aromatic rings. The van der Waals surface area contributed by atoms with Crippen LogP contribution in [0.25, 0.3) is 0 Å². The first kappa shape index (κ1) is 24.8. The number of esters is 1. The third kappa shape index (κ3) is 8.02. The number of hydrogen-bond acceptors (Lipinski definition) is 5. The van der Waals surface area contributed by atoms with Crippen LogP contribution < -0.4 is 0 Å². The molecule has 0 aliphatic heterocycles. The highest BCUT2D eigenvalue weighted by molar-refractivity contribution is 5.85. The molecule has 0 radical (unpaired) electrons. The van der Waals surface area contributed by atoms with E-state index in [0.29, 0.717) is 12.2 Å². The molecule has 1 heterocycles. The highest BCUT2D eigenvalue weighted by atomic mass is 19.1. The van der Waals surface area contributed by atoms with Crippen LogP contribution in [0.5, 0.6) is 0 Å². The molecule has 2 rings (SSSR count). The fraction of sp³-hybridized carbons (Fsp3) is 0.375. The highest BCUT2D eigenvalue weighted by Crippen LogP contribution is 2.15. The molecule has 32 heavy (non-hydrogen) atoms. The van der Waals surface area contributed by atoms with Gasteiger partial charge in [0.25, 0.3) is 0 Å². The van der Waals surface area contributed by atoms with Gasteiger partial charge in [0.05, 0.1) is 13.7 Å². The van der Waals surface area contributed by atoms with Crippen LogP contribution in [0.3, 0.4) is 0 Å². The van der Waals surface area contributed by atoms with Gasteiger partial charge in [-0.2, -0.15) is 0 Å². The maximum atomic E-state index is 13.3. The molecule has 0 N–H and O–H groups in total. The Bertz CT molecular complexity index is 923. The lowest BCUT2D eigenvalue weighted by Gasteiger charge is -2.27. The minimum Gasteiger partial charge on any atom is -0.469 e. The van der Waals surface area contributed by atoms with Crippen LogP contribution >= 0.6 is 0 Å². The van der Waals surface area contributed by atoms with Crippen LogP contribution in [0, 0.1) is 12.7 Å². The number of methoxy groups -OCH3 is 1. The number of rotatable bonds is 12. The van der Waals surface area contributed by atoms with Gasteiger partial charge in [-0.15, -0.1) is 6.58 Å². The molecule has 0 atom stereocenters. The summed E-state index contributed by atoms with van der Waals surface area (Å²) in [7, 11) is 1.29. The normalized spacial score (nSPS) is 10.5. The molecule has 0 aliphatic rings. The summed E-state index contributed by atoms with van der Waals surface area (Å²) in [6, 6.07) is 9.50. The molecule has 0 saturated carbocycles. The number of ether oxygens (including phenoxy) is 1. The molecule has 0 saturated heterocycles. The van der Waals surface area contributed by atoms with E-state index >= 15 is 0 Å². The Morgan fingerprint density at radius 2 is 1.75 bits per heavy atom. The van der Waals surface area contributed by atoms with Crippen molar-refractivity contribution in [2.24, 2.45) is 0 Å². The van der Waals surface area contributed by atoms with E-state index < -0.39 is 0 Å². The van der Waals surface area contributed by atoms with Crippen molar-refractivity contribution in [1.82, 2.24) is 9.80 Å². The van der Waals surface area contributed by atoms with E-state index in [9.17, 15) is 18.8 Å². The SMILES string of the molecule is C=CCN(CC(=O)N(Cc1ccc(F)cc1)Cc1ccc(C)o1)C(=O)CCCC(=O)OC. The third-order valence-electron chi connectivity index (χ3n) is 4.81. The second-order valence-corrected chi connectivity index (χ2v) is 7.38. The zero-order valence-corrected chi connectivity index (χ0v) is 18.5. The van der Waals surface area contributed by atoms with Gasteiger partial charge in [0.15, 0.2) is 0 Å². The van der Waals surface area contributed by atoms with E-state index in [2.05, 4.69) is 11.3 Å². The van der Waals surface area contributed by atoms with Crippen molar-refractivity contribution in [1.29, 1.82) is 0 Å². The Balaban J connectivity index is 2.10. The summed E-state index contributed by atoms with van der Waals surface area (Å²) in [5, 5.41) is 0. The summed E-state index contributed by atoms with van der Waals surface area (Å²) in [6.07, 6.45) is 2.13. The maximum Gasteiger partial charge on any atom is 0.305 e. The molecule has 0 fully saturated rings. The number of benzene rings is 1. The Hall–Kier alpha value is -3.42. The van der Waals surface area contributed by atoms with Crippen LogP contribution in [0.1, 0.15) is 36.3 Å². The Labute approximate surface area is 187 Å². The molecule has 2 amide bonds. The average molecular weight is 445 g/mol. The minimum atomic E-state index is -0.386. The zero-order chi connectivity index (χ0) is 23.5. The number of carbonyl (C=O) groups is 3. The van der Waals surface area contributed by atoms with E-state index in [0.717, 1.165) is 11.3 Å². The molecule has 0 aliphatic carbocycles. The lowest BCUT2D eigenvalue weighted by atomic mass is 10.2. The summed E-state index contributed by atoms with van der Waals surface area (Å²) in [4.78, 5) is 40.0. The number of furan rings is 1. The lowest BCUT2D eigenvalue weighted by molar-refractivity contribution is -0.142. The van der Waals surface area contributed by atoms with Gasteiger partial charge in [-0.1, -0.05) is 18.2 Å². The van der Waals surface area contributed by atoms with Crippen molar-refractivity contribution in [3.8, 4) is 0 Å². The Morgan fingerprint density at radius 3 is 2.34 bits per heavy atom. The van der Waals surface area contributed by atoms with Crippen molar-refractivity contribution in [2.45, 2.75) is 39.3 Å². The van der Waals surface area contributed by atoms with Gasteiger partial charge in [-0.3, -0.25) is 14.4 Å². The summed E-state index contributed by atoms with van der Waals surface area (Å²) < 4.78 is 23.5. The van der Waals surface area contributed by atoms with E-state index in [1.165, 1.54) is 24.1 Å². The van der Waals surface area contributed by atoms with Gasteiger partial charge >= 0.3 is 5.97 Å². The van der Waals surface area contributed by atoms with Gasteiger partial charge in [-0.25, -0.2) is 4.39 Å². The molecule has 7 nitrogen and oxygen atoms in total. The molecule has 1 aromatic carbocycles. The van der Waals surface area contributed by atoms with Crippen LogP contribution in [0.4, 0.5) is 4.39 Å². The molecule has 1 aromatic heterocycles. The van der Waals surface area contributed by atoms with E-state index in [1.807, 2.05) is 13.0 Å². The van der Waals surface area contributed by atoms with Crippen LogP contribution in [-0.4, -0.2) is 47.8 Å². The highest BCUT2D eigenvalue weighted by Gasteiger charge is 2.22. The molecule has 172 valence electrons. The Morgan fingerprint density at radius 1 is 1.03 bits per heavy atom. The second-order valence-electron chi connectivity index (χ2n) is 7.38. The van der Waals surface area contributed by atoms with E-state index in [1.54, 1.807) is 29.2 Å². The monoisotopic (exact) mass is 444 g/mol. The fourth-order valence-electron chi connectivity index (χ4n) is 3.12. The number of carbonyl (C=O) groups excluding carboxylic acids is 3. The molecule has 0 bridgehead atoms. The fourth-order valence-corrected chi connectivity index (χ4v) is 3.12. The predicted molar refractivity (Wildman–Crippen MR) is 117 cm³/mol. The van der Waals surface area contributed by atoms with Gasteiger partial charge in [-0.05, 0) is 43.2 Å². The number of amides is 2. The van der Waals surface area contributed by atoms with Gasteiger partial charge < -0.3 is 19.0 Å². The summed E-state index contributed by atoms with van der Waals surface area (Å²) in [5.41, 5.74) is 0.753. The van der Waals surface area contributed by atoms with Crippen molar-refractivity contribution >= 4 is 17.8 Å². The maximum absolute atomic E-state index is 13.3. The number of hydrogen-bond donors (Lipinski definition) is 0. The summed E-state index contributed by atoms with van der Waals surface area (Å²) in [5.74, 6) is 0.0523. The second kappa shape index (κ2) is 12.4. The standard InChI is InChI=1S/C24H29FN2O5/c1-4-14-26(22(28)6-5-7-24(30)31-3)17-23(29)27(16-21-13-8-18(2)32-21)15-19-9-11-20(25)12-10-19/h4,8-13H,1,5-7,14-17H2,2-3H3. The van der Waals surface area contributed by atoms with Gasteiger partial charge in [0, 0.05) is 25.9 Å². The number of nitrogens with zero attached hydrogens (tertiary/aromatic N) is 2. The van der Waals surface area contributed by atoms with Gasteiger partial charge in [0.1, 0.15) is 23.9 Å². The van der Waals surface area contributed by atoms with Crippen LogP contribution in [0.15, 0.2) is 53.5 Å². The smallest absolute Gasteiger partial charge is 0.305 e. The number of aryl methyl sites for hydroxylation is 1. The predicted octanol–water partition coefficient (Wildman–Crippen LogP) is 3.61. The quantitative estimate of drug-likeness (QED) is 0.369. The van der Waals surface area contributed by atoms with Crippen molar-refractivity contribution in [2.75, 3.05) is 20.2 Å². The van der Waals surface area contributed by atoms with Crippen molar-refractivity contribution < 1.29 is 27.9 Å². The van der Waals surface area contributed by atoms with Crippen molar-refractivity contribution in [3.63, 3.8) is 0 Å². The first-order chi connectivity index (χ1) is 15.3. The number of halogens is 1. The first-order valence-corrected chi connectivity index (χ1v) is 10.4. The Kier molecular flexibility index (Phi) is 9.66. The van der Waals surface area contributed by atoms with Crippen LogP contribution in [0.2, 0.25) is 0 Å². The van der Waals surface area contributed by atoms with Crippen LogP contribution in [-0.2, 0) is 32.2 Å². The zero-order valence-electron chi connectivity index (χ0n) is 18.5. The molecular weight excluding hydrogens is 415 g/mol. The first-order valence-electron chi connectivity index (χ1n) is 10.4. The van der Waals surface area contributed by atoms with E-state index in [-0.39, 0.29) is 62.6 Å². The minimum absolute atomic E-state index is 0.117. The topological polar surface area (TPSA) is 80.1 Å². The average Bonchev–Trinajstić information content (AvgIpc) is 3.18. The summed E-state index contributed by atoms with van der Waals surface area (Å²) >= 11 is 0. The molecule has 0 spiro atoms.